The molecule has 20 N–H and O–H groups in total. The summed E-state index contributed by atoms with van der Waals surface area (Å²) in [4.78, 5) is 189. The third-order valence-electron chi connectivity index (χ3n) is 19.6. The summed E-state index contributed by atoms with van der Waals surface area (Å²) in [6.07, 6.45) is -10.9. The summed E-state index contributed by atoms with van der Waals surface area (Å²) >= 11 is 6.81. The lowest BCUT2D eigenvalue weighted by molar-refractivity contribution is -0.268. The summed E-state index contributed by atoms with van der Waals surface area (Å²) in [5.41, 5.74) is 10.4. The van der Waals surface area contributed by atoms with Crippen molar-refractivity contribution < 1.29 is 122 Å². The Morgan fingerprint density at radius 2 is 1.42 bits per heavy atom. The number of nitrogens with zero attached hydrogens (tertiary/aromatic N) is 2. The highest BCUT2D eigenvalue weighted by Gasteiger charge is 2.49. The highest BCUT2D eigenvalue weighted by Crippen LogP contribution is 2.32. The number of rotatable bonds is 29. The first-order valence-electron chi connectivity index (χ1n) is 36.5. The maximum Gasteiger partial charge on any atom is 0.329 e. The smallest absolute Gasteiger partial charge is 0.329 e. The number of fused-ring (bicyclic) bond motifs is 1. The lowest BCUT2D eigenvalue weighted by Gasteiger charge is -2.41. The number of nitrogens with one attached hydrogen (secondary N) is 9. The molecule has 111 heavy (non-hydrogen) atoms. The number of amides is 12. The van der Waals surface area contributed by atoms with Gasteiger partial charge in [0, 0.05) is 45.1 Å². The van der Waals surface area contributed by atoms with Crippen molar-refractivity contribution >= 4 is 88.5 Å². The van der Waals surface area contributed by atoms with Crippen molar-refractivity contribution in [2.24, 2.45) is 35.1 Å². The molecule has 3 fully saturated rings. The number of ether oxygens (including phenoxy) is 5. The molecule has 3 heterocycles. The number of likely N-dealkylation sites (N-methyl/N-ethyl adjacent to an activating group) is 1. The number of hydrogen-bond acceptors (Lipinski definition) is 26. The zero-order chi connectivity index (χ0) is 84.1. The normalized spacial score (nSPS) is 28.1. The van der Waals surface area contributed by atoms with Crippen LogP contribution < -0.4 is 64.1 Å². The third kappa shape index (κ3) is 26.0. The predicted octanol–water partition coefficient (Wildman–Crippen LogP) is -5.59. The van der Waals surface area contributed by atoms with Crippen LogP contribution in [0.25, 0.3) is 0 Å². The van der Waals surface area contributed by atoms with Crippen molar-refractivity contribution in [3.63, 3.8) is 0 Å². The summed E-state index contributed by atoms with van der Waals surface area (Å²) in [5.74, 6) is -18.7. The molecule has 3 aliphatic rings. The van der Waals surface area contributed by atoms with E-state index in [2.05, 4.69) is 47.9 Å². The number of carbonyl (C=O) groups excluding carboxylic acids is 13. The number of esters is 1. The van der Waals surface area contributed by atoms with Gasteiger partial charge in [0.05, 0.1) is 38.0 Å². The van der Waals surface area contributed by atoms with E-state index in [1.54, 1.807) is 6.92 Å². The zero-order valence-corrected chi connectivity index (χ0v) is 66.1. The molecule has 0 spiro atoms. The van der Waals surface area contributed by atoms with Gasteiger partial charge in [0.15, 0.2) is 5.60 Å². The summed E-state index contributed by atoms with van der Waals surface area (Å²) in [6.45, 7) is 15.5. The van der Waals surface area contributed by atoms with Gasteiger partial charge in [0.2, 0.25) is 71.3 Å². The van der Waals surface area contributed by atoms with Crippen molar-refractivity contribution in [1.82, 2.24) is 57.7 Å². The summed E-state index contributed by atoms with van der Waals surface area (Å²) in [5, 5.41) is 95.7. The molecule has 0 aliphatic carbocycles. The molecular weight excluding hydrogens is 1480 g/mol. The number of nitrogens with two attached hydrogens (primary N) is 2. The molecule has 0 bridgehead atoms. The molecule has 3 unspecified atom stereocenters. The van der Waals surface area contributed by atoms with E-state index in [9.17, 15) is 78.9 Å². The Morgan fingerprint density at radius 1 is 0.811 bits per heavy atom. The second-order valence-electron chi connectivity index (χ2n) is 29.1. The largest absolute Gasteiger partial charge is 0.462 e. The number of primary amides is 1. The van der Waals surface area contributed by atoms with Gasteiger partial charge in [-0.1, -0.05) is 83.9 Å². The molecule has 624 valence electrons. The van der Waals surface area contributed by atoms with Gasteiger partial charge in [-0.2, -0.15) is 0 Å². The maximum absolute atomic E-state index is 15.7. The Labute approximate surface area is 649 Å². The van der Waals surface area contributed by atoms with Crippen molar-refractivity contribution in [3.05, 3.63) is 53.6 Å². The Morgan fingerprint density at radius 3 is 1.98 bits per heavy atom. The number of allylic oxidation sites excluding steroid dienone is 3. The molecule has 39 heteroatoms. The van der Waals surface area contributed by atoms with E-state index in [1.165, 1.54) is 84.9 Å². The molecule has 1 aromatic rings. The number of benzene rings is 1. The molecule has 0 saturated carbocycles. The van der Waals surface area contributed by atoms with Crippen LogP contribution in [-0.2, 0) is 81.3 Å². The van der Waals surface area contributed by atoms with E-state index in [0.717, 1.165) is 63.8 Å². The molecule has 1 aromatic carbocycles. The van der Waals surface area contributed by atoms with Crippen LogP contribution in [0, 0.1) is 23.7 Å². The highest BCUT2D eigenvalue weighted by atomic mass is 35.5. The minimum atomic E-state index is -2.48. The molecular formula is C72H114ClN13O25. The Balaban J connectivity index is 1.84. The highest BCUT2D eigenvalue weighted by molar-refractivity contribution is 6.21. The average molecular weight is 1600 g/mol. The minimum Gasteiger partial charge on any atom is -0.462 e. The summed E-state index contributed by atoms with van der Waals surface area (Å²) < 4.78 is 28.9. The maximum atomic E-state index is 15.7. The Bertz CT molecular complexity index is 3480. The van der Waals surface area contributed by atoms with Crippen molar-refractivity contribution in [2.45, 2.75) is 242 Å². The van der Waals surface area contributed by atoms with Gasteiger partial charge in [0.25, 0.3) is 5.91 Å². The van der Waals surface area contributed by atoms with Crippen LogP contribution in [0.3, 0.4) is 0 Å². The van der Waals surface area contributed by atoms with Gasteiger partial charge in [-0.3, -0.25) is 57.5 Å². The van der Waals surface area contributed by atoms with Crippen molar-refractivity contribution in [2.75, 3.05) is 47.5 Å². The van der Waals surface area contributed by atoms with Gasteiger partial charge in [-0.05, 0) is 96.8 Å². The van der Waals surface area contributed by atoms with Gasteiger partial charge >= 0.3 is 5.97 Å². The first kappa shape index (κ1) is 94.8. The summed E-state index contributed by atoms with van der Waals surface area (Å²) in [6, 6.07) is -12.7. The first-order chi connectivity index (χ1) is 51.8. The van der Waals surface area contributed by atoms with Crippen LogP contribution in [0.2, 0.25) is 0 Å². The molecule has 0 aromatic heterocycles. The summed E-state index contributed by atoms with van der Waals surface area (Å²) in [7, 11) is 3.43. The number of aliphatic hydroxyl groups excluding tert-OH is 6. The topological polar surface area (TPSA) is 576 Å². The number of methoxy groups -OCH3 is 2. The number of aliphatic hydroxyl groups is 7. The number of halogens is 1. The van der Waals surface area contributed by atoms with Gasteiger partial charge in [0.1, 0.15) is 96.7 Å². The van der Waals surface area contributed by atoms with Crippen LogP contribution in [0.4, 0.5) is 0 Å². The quantitative estimate of drug-likeness (QED) is 0.0202. The third-order valence-corrected chi connectivity index (χ3v) is 20.0. The number of piperidine rings is 1. The fraction of sp³-hybridized carbons (Fsp3) is 0.681. The zero-order valence-electron chi connectivity index (χ0n) is 65.3. The molecule has 0 radical (unpaired) electrons. The molecule has 38 nitrogen and oxygen atoms in total. The van der Waals surface area contributed by atoms with Crippen LogP contribution in [-0.4, -0.2) is 296 Å². The molecule has 3 saturated heterocycles. The second kappa shape index (κ2) is 42.9. The Kier molecular flexibility index (Phi) is 36.7. The van der Waals surface area contributed by atoms with Gasteiger partial charge < -0.3 is 129 Å². The van der Waals surface area contributed by atoms with E-state index < -0.39 is 247 Å². The van der Waals surface area contributed by atoms with Gasteiger partial charge in [-0.15, -0.1) is 11.6 Å². The van der Waals surface area contributed by atoms with E-state index >= 15 is 19.2 Å². The Hall–Kier alpha value is -8.54. The van der Waals surface area contributed by atoms with E-state index in [-0.39, 0.29) is 36.6 Å². The minimum absolute atomic E-state index is 0.00839. The van der Waals surface area contributed by atoms with Crippen LogP contribution in [0.5, 0.6) is 5.75 Å². The number of alkyl halides is 1. The lowest BCUT2D eigenvalue weighted by Crippen LogP contribution is -2.66. The lowest BCUT2D eigenvalue weighted by atomic mass is 9.87. The van der Waals surface area contributed by atoms with Crippen LogP contribution in [0.1, 0.15) is 121 Å². The predicted molar refractivity (Wildman–Crippen MR) is 395 cm³/mol. The van der Waals surface area contributed by atoms with E-state index in [1.807, 2.05) is 19.9 Å². The van der Waals surface area contributed by atoms with E-state index in [0.29, 0.717) is 0 Å². The van der Waals surface area contributed by atoms with E-state index in [4.69, 9.17) is 46.8 Å². The fourth-order valence-electron chi connectivity index (χ4n) is 12.4. The van der Waals surface area contributed by atoms with Crippen molar-refractivity contribution in [3.8, 4) is 5.75 Å². The molecule has 12 amide bonds. The number of hydrogen-bond donors (Lipinski definition) is 18. The molecule has 25 atom stereocenters. The SMILES string of the molecule is CCC(C)/C=C(C)/C=C\C(O)C(C)(O)C(=O)NCC(=O)N[C@H](C(=O)N[C@H](C(=O)N[C@H](C(=O)N[C@H]1C(=O)N[C@H](COC)C(=O)NCC(=O)N[C@@H](C)C(=O)N(C)[C@@H]([C@@H](C)O)C(=O)N[C@H]([C@H](OC)c2ccc(O[C@H]3O[C@H](C)[C@@H](O)[C@H](O)[C@@H]3O)cc2)C(=O)N2CC[C@H](Cl)C[C@H]2C(=O)O[C@@H]1C(C)C)[C@@H](C)[C@@H](C)C(N)=O)[C@@H](C)N)[C@@H](C)O. The number of carbonyl (C=O) groups is 13. The first-order valence-corrected chi connectivity index (χ1v) is 36.9. The van der Waals surface area contributed by atoms with Crippen LogP contribution >= 0.6 is 11.6 Å². The fourth-order valence-corrected chi connectivity index (χ4v) is 12.6. The average Bonchev–Trinajstić information content (AvgIpc) is 0.788. The molecule has 3 aliphatic heterocycles. The molecule has 4 rings (SSSR count). The number of cyclic esters (lactones) is 1. The van der Waals surface area contributed by atoms with Crippen molar-refractivity contribution in [1.29, 1.82) is 0 Å². The van der Waals surface area contributed by atoms with Gasteiger partial charge in [-0.25, -0.2) is 4.79 Å². The van der Waals surface area contributed by atoms with Crippen LogP contribution in [0.15, 0.2) is 48.1 Å². The second-order valence-corrected chi connectivity index (χ2v) is 29.7. The monoisotopic (exact) mass is 1600 g/mol. The standard InChI is InChI=1S/C72H114ClN13O25/c1-17-32(4)26-33(5)18-23-46(89)72(13,106)71(105)77-29-48(91)80-51(38(10)87)64(99)82-50(36(8)74)63(98)81-49(34(6)35(7)60(75)95)62(97)83-52-58(31(2)3)111-69(104)45-27-42(73)24-25-86(45)68(103)53(59(108-16)41-19-21-43(22-20-41)110-70-57(94)56(93)55(92)40(12)109-70)84-66(101)54(39(11)88)85(14)67(102)37(9)78-47(90)28-76-61(96)44(30-107-15)79-65(52)100/h18-23,26,31-32,34-40,42,44-46,49-59,70,87-89,92-94,106H,17,24-25,27-30,74H2,1-16H3,(H2,75,95)(H,76,96)(H,77,105)(H,78,90)(H,79,100)(H,80,91)(H,81,98)(H,82,99)(H,83,97)(H,84,101)/b23-18-,33-26+/t32?,34-,35+,36+,37-,38+,39+,40+,42-,44+,45-,46?,49-,50-,51-,52+,53+,54-,55+,56-,57-,58+,59+,70+,72?/m0/s1.